The zero-order chi connectivity index (χ0) is 21.7. The third-order valence-electron chi connectivity index (χ3n) is 5.75. The molecular formula is C23H31N3O2S2. The van der Waals surface area contributed by atoms with E-state index in [0.717, 1.165) is 13.0 Å². The Bertz CT molecular complexity index is 986. The molecule has 0 saturated carbocycles. The van der Waals surface area contributed by atoms with Gasteiger partial charge in [-0.2, -0.15) is 0 Å². The van der Waals surface area contributed by atoms with Gasteiger partial charge in [-0.1, -0.05) is 42.1 Å². The number of hydrogen-bond acceptors (Lipinski definition) is 5. The van der Waals surface area contributed by atoms with Crippen LogP contribution in [-0.2, 0) is 10.9 Å². The van der Waals surface area contributed by atoms with Crippen LogP contribution in [0.4, 0.5) is 0 Å². The third-order valence-corrected chi connectivity index (χ3v) is 6.89. The van der Waals surface area contributed by atoms with Crippen molar-refractivity contribution in [2.75, 3.05) is 39.8 Å². The second-order valence-corrected chi connectivity index (χ2v) is 9.47. The molecule has 2 N–H and O–H groups in total. The fourth-order valence-electron chi connectivity index (χ4n) is 3.92. The number of hydrogen-bond donors (Lipinski definition) is 2. The molecule has 2 aromatic rings. The van der Waals surface area contributed by atoms with Crippen molar-refractivity contribution in [2.24, 2.45) is 5.14 Å². The highest BCUT2D eigenvalue weighted by atomic mass is 32.2. The lowest BCUT2D eigenvalue weighted by atomic mass is 9.91. The summed E-state index contributed by atoms with van der Waals surface area (Å²) in [4.78, 5) is 7.81. The first-order valence-electron chi connectivity index (χ1n) is 10.2. The fourth-order valence-corrected chi connectivity index (χ4v) is 5.09. The van der Waals surface area contributed by atoms with Crippen molar-refractivity contribution in [1.82, 2.24) is 9.80 Å². The predicted molar refractivity (Wildman–Crippen MR) is 127 cm³/mol. The normalized spacial score (nSPS) is 18.0. The Morgan fingerprint density at radius 3 is 2.40 bits per heavy atom. The van der Waals surface area contributed by atoms with Crippen molar-refractivity contribution in [3.05, 3.63) is 64.7 Å². The van der Waals surface area contributed by atoms with E-state index in [1.807, 2.05) is 11.8 Å². The number of benzene rings is 2. The summed E-state index contributed by atoms with van der Waals surface area (Å²) >= 11 is 1.91. The lowest BCUT2D eigenvalue weighted by Crippen LogP contribution is -2.44. The van der Waals surface area contributed by atoms with E-state index in [9.17, 15) is 0 Å². The van der Waals surface area contributed by atoms with Gasteiger partial charge in [0.2, 0.25) is 0 Å². The van der Waals surface area contributed by atoms with Gasteiger partial charge in [0.05, 0.1) is 0 Å². The van der Waals surface area contributed by atoms with Crippen molar-refractivity contribution >= 4 is 28.2 Å². The molecule has 30 heavy (non-hydrogen) atoms. The van der Waals surface area contributed by atoms with Gasteiger partial charge in [-0.05, 0) is 67.3 Å². The number of aryl methyl sites for hydroxylation is 1. The number of thiol groups is 1. The van der Waals surface area contributed by atoms with Crippen LogP contribution in [-0.4, -0.2) is 58.0 Å². The maximum Gasteiger partial charge on any atom is 0.198 e. The molecular weight excluding hydrogens is 414 g/mol. The van der Waals surface area contributed by atoms with E-state index >= 15 is 0 Å². The van der Waals surface area contributed by atoms with E-state index in [0.29, 0.717) is 0 Å². The van der Waals surface area contributed by atoms with Crippen LogP contribution in [0.1, 0.15) is 28.7 Å². The number of nitrogens with zero attached hydrogens (tertiary/aromatic N) is 2. The van der Waals surface area contributed by atoms with Crippen LogP contribution in [0.5, 0.6) is 0 Å². The highest BCUT2D eigenvalue weighted by molar-refractivity contribution is 7.99. The largest absolute Gasteiger partial charge is 0.304 e. The standard InChI is InChI=1S/C23H28N2S.H3NO2S/c1-17-10-11-22-23(18(17)2)20(19-7-4-5-9-21(19)26-22)8-6-12-25-15-13-24(3)14-16-25;1-4(2)3/h4-5,7-11H,6,12-16H2,1-3H3;4H,(H2,1,2,3). The number of nitrogens with two attached hydrogens (primary N) is 1. The summed E-state index contributed by atoms with van der Waals surface area (Å²) in [6.07, 6.45) is 3.60. The summed E-state index contributed by atoms with van der Waals surface area (Å²) < 4.78 is 17.6. The van der Waals surface area contributed by atoms with E-state index in [1.165, 1.54) is 63.8 Å². The zero-order valence-corrected chi connectivity index (χ0v) is 19.6. The van der Waals surface area contributed by atoms with Crippen molar-refractivity contribution < 1.29 is 8.42 Å². The predicted octanol–water partition coefficient (Wildman–Crippen LogP) is 3.31. The van der Waals surface area contributed by atoms with E-state index in [1.54, 1.807) is 0 Å². The van der Waals surface area contributed by atoms with Crippen LogP contribution in [0.25, 0.3) is 5.57 Å². The molecule has 0 spiro atoms. The van der Waals surface area contributed by atoms with Gasteiger partial charge in [0, 0.05) is 42.5 Å². The summed E-state index contributed by atoms with van der Waals surface area (Å²) in [6.45, 7) is 10.4. The van der Waals surface area contributed by atoms with Gasteiger partial charge in [0.15, 0.2) is 10.9 Å². The van der Waals surface area contributed by atoms with Crippen LogP contribution >= 0.6 is 11.8 Å². The molecule has 0 amide bonds. The molecule has 7 heteroatoms. The van der Waals surface area contributed by atoms with Crippen molar-refractivity contribution in [1.29, 1.82) is 0 Å². The van der Waals surface area contributed by atoms with Crippen molar-refractivity contribution in [3.8, 4) is 0 Å². The van der Waals surface area contributed by atoms with Gasteiger partial charge < -0.3 is 9.80 Å². The molecule has 5 nitrogen and oxygen atoms in total. The molecule has 1 saturated heterocycles. The lowest BCUT2D eigenvalue weighted by molar-refractivity contribution is 0.156. The van der Waals surface area contributed by atoms with Crippen LogP contribution in [0.15, 0.2) is 52.3 Å². The Labute approximate surface area is 186 Å². The average Bonchev–Trinajstić information content (AvgIpc) is 2.71. The summed E-state index contributed by atoms with van der Waals surface area (Å²) in [5.41, 5.74) is 7.10. The minimum atomic E-state index is -2.62. The molecule has 0 aliphatic carbocycles. The monoisotopic (exact) mass is 445 g/mol. The van der Waals surface area contributed by atoms with Gasteiger partial charge in [0.25, 0.3) is 0 Å². The van der Waals surface area contributed by atoms with E-state index in [-0.39, 0.29) is 0 Å². The Hall–Kier alpha value is -1.64. The third kappa shape index (κ3) is 5.74. The molecule has 0 bridgehead atoms. The topological polar surface area (TPSA) is 66.6 Å². The fraction of sp³-hybridized carbons (Fsp3) is 0.391. The highest BCUT2D eigenvalue weighted by Crippen LogP contribution is 2.47. The minimum Gasteiger partial charge on any atom is -0.304 e. The van der Waals surface area contributed by atoms with Gasteiger partial charge in [-0.25, -0.2) is 13.6 Å². The lowest BCUT2D eigenvalue weighted by Gasteiger charge is -2.32. The minimum absolute atomic E-state index is 1.12. The molecule has 2 aromatic carbocycles. The Balaban J connectivity index is 0.000000589. The molecule has 2 aliphatic heterocycles. The highest BCUT2D eigenvalue weighted by Gasteiger charge is 2.23. The maximum absolute atomic E-state index is 8.81. The summed E-state index contributed by atoms with van der Waals surface area (Å²) in [7, 11) is -0.400. The van der Waals surface area contributed by atoms with Crippen molar-refractivity contribution in [3.63, 3.8) is 0 Å². The first kappa shape index (κ1) is 23.0. The first-order valence-corrected chi connectivity index (χ1v) is 12.3. The Morgan fingerprint density at radius 1 is 1.03 bits per heavy atom. The van der Waals surface area contributed by atoms with Crippen LogP contribution in [0, 0.1) is 13.8 Å². The van der Waals surface area contributed by atoms with Crippen LogP contribution in [0.3, 0.4) is 0 Å². The van der Waals surface area contributed by atoms with Gasteiger partial charge in [-0.3, -0.25) is 0 Å². The first-order chi connectivity index (χ1) is 14.4. The quantitative estimate of drug-likeness (QED) is 0.606. The molecule has 0 radical (unpaired) electrons. The van der Waals surface area contributed by atoms with Gasteiger partial charge >= 0.3 is 0 Å². The smallest absolute Gasteiger partial charge is 0.198 e. The molecule has 0 atom stereocenters. The summed E-state index contributed by atoms with van der Waals surface area (Å²) in [5.74, 6) is 0. The number of fused-ring (bicyclic) bond motifs is 2. The number of piperazine rings is 1. The van der Waals surface area contributed by atoms with E-state index in [2.05, 4.69) is 78.3 Å². The Kier molecular flexibility index (Phi) is 8.13. The molecule has 2 heterocycles. The molecule has 4 rings (SSSR count). The van der Waals surface area contributed by atoms with Gasteiger partial charge in [0.1, 0.15) is 0 Å². The summed E-state index contributed by atoms with van der Waals surface area (Å²) in [6, 6.07) is 13.4. The van der Waals surface area contributed by atoms with E-state index < -0.39 is 10.9 Å². The molecule has 162 valence electrons. The zero-order valence-electron chi connectivity index (χ0n) is 17.9. The van der Waals surface area contributed by atoms with Crippen LogP contribution < -0.4 is 5.14 Å². The number of rotatable bonds is 3. The molecule has 2 aliphatic rings. The van der Waals surface area contributed by atoms with Gasteiger partial charge in [-0.15, -0.1) is 0 Å². The SMILES string of the molecule is Cc1ccc2c(c1C)C(=CCCN1CCN(C)CC1)c1ccccc1S2.N[SH](=O)=O. The van der Waals surface area contributed by atoms with Crippen LogP contribution in [0.2, 0.25) is 0 Å². The van der Waals surface area contributed by atoms with Crippen molar-refractivity contribution in [2.45, 2.75) is 30.1 Å². The summed E-state index contributed by atoms with van der Waals surface area (Å²) in [5, 5.41) is 4.06. The Morgan fingerprint density at radius 2 is 1.70 bits per heavy atom. The molecule has 0 aromatic heterocycles. The van der Waals surface area contributed by atoms with E-state index in [4.69, 9.17) is 8.42 Å². The maximum atomic E-state index is 8.81. The molecule has 1 fully saturated rings. The molecule has 0 unspecified atom stereocenters. The second-order valence-electron chi connectivity index (χ2n) is 7.82. The second kappa shape index (κ2) is 10.6. The number of likely N-dealkylation sites (N-methyl/N-ethyl adjacent to an activating group) is 1. The average molecular weight is 446 g/mol.